The number of anilines is 2. The van der Waals surface area contributed by atoms with Crippen LogP contribution in [-0.4, -0.2) is 33.3 Å². The van der Waals surface area contributed by atoms with Crippen LogP contribution in [0.25, 0.3) is 11.0 Å². The largest absolute Gasteiger partial charge is 0.354 e. The summed E-state index contributed by atoms with van der Waals surface area (Å²) in [5.74, 6) is 1.67. The first-order chi connectivity index (χ1) is 11.8. The number of hydrogen-bond acceptors (Lipinski definition) is 5. The highest BCUT2D eigenvalue weighted by Crippen LogP contribution is 2.32. The number of nitrogens with one attached hydrogen (secondary N) is 2. The minimum atomic E-state index is 0.682. The van der Waals surface area contributed by atoms with E-state index >= 15 is 0 Å². The van der Waals surface area contributed by atoms with Crippen LogP contribution < -0.4 is 10.2 Å². The van der Waals surface area contributed by atoms with Gasteiger partial charge in [0, 0.05) is 26.1 Å². The van der Waals surface area contributed by atoms with E-state index in [1.165, 1.54) is 5.56 Å². The lowest BCUT2D eigenvalue weighted by atomic mass is 10.1. The van der Waals surface area contributed by atoms with Crippen molar-refractivity contribution in [2.24, 2.45) is 0 Å². The molecule has 0 bridgehead atoms. The van der Waals surface area contributed by atoms with Gasteiger partial charge in [0.25, 0.3) is 0 Å². The third kappa shape index (κ3) is 2.79. The van der Waals surface area contributed by atoms with Gasteiger partial charge in [-0.2, -0.15) is 15.1 Å². The molecule has 2 aromatic heterocycles. The van der Waals surface area contributed by atoms with Gasteiger partial charge in [-0.15, -0.1) is 0 Å². The molecule has 0 saturated heterocycles. The Morgan fingerprint density at radius 3 is 2.92 bits per heavy atom. The van der Waals surface area contributed by atoms with E-state index in [0.29, 0.717) is 5.95 Å². The molecule has 0 fully saturated rings. The highest BCUT2D eigenvalue weighted by atomic mass is 15.3. The standard InChI is InChI=1S/C18H22N6/c1-2-3-10-19-18-20-16-15-14(22-23-16)9-11-24(17(15)21-18)12-13-7-5-4-6-8-13/h4-8H,2-3,9-12H2,1H3,(H2,19,20,21,22,23). The van der Waals surface area contributed by atoms with Gasteiger partial charge in [0.05, 0.1) is 11.1 Å². The van der Waals surface area contributed by atoms with Crippen LogP contribution in [-0.2, 0) is 13.0 Å². The lowest BCUT2D eigenvalue weighted by Crippen LogP contribution is -2.29. The van der Waals surface area contributed by atoms with Crippen LogP contribution in [0.3, 0.4) is 0 Å². The molecule has 1 aliphatic rings. The lowest BCUT2D eigenvalue weighted by molar-refractivity contribution is 0.746. The summed E-state index contributed by atoms with van der Waals surface area (Å²) >= 11 is 0. The molecule has 3 aromatic rings. The van der Waals surface area contributed by atoms with Crippen LogP contribution in [0.2, 0.25) is 0 Å². The Morgan fingerprint density at radius 2 is 2.08 bits per heavy atom. The van der Waals surface area contributed by atoms with E-state index < -0.39 is 0 Å². The van der Waals surface area contributed by atoms with Gasteiger partial charge < -0.3 is 10.2 Å². The molecular formula is C18H22N6. The second-order valence-corrected chi connectivity index (χ2v) is 6.20. The summed E-state index contributed by atoms with van der Waals surface area (Å²) in [5.41, 5.74) is 3.19. The summed E-state index contributed by atoms with van der Waals surface area (Å²) in [5, 5.41) is 11.9. The van der Waals surface area contributed by atoms with E-state index in [9.17, 15) is 0 Å². The van der Waals surface area contributed by atoms with E-state index in [2.05, 4.69) is 56.6 Å². The molecule has 0 aliphatic carbocycles. The quantitative estimate of drug-likeness (QED) is 0.682. The third-order valence-corrected chi connectivity index (χ3v) is 4.42. The second kappa shape index (κ2) is 6.47. The highest BCUT2D eigenvalue weighted by Gasteiger charge is 2.24. The van der Waals surface area contributed by atoms with E-state index in [4.69, 9.17) is 4.98 Å². The number of hydrogen-bond donors (Lipinski definition) is 2. The number of unbranched alkanes of at least 4 members (excludes halogenated alkanes) is 1. The molecule has 0 spiro atoms. The van der Waals surface area contributed by atoms with Gasteiger partial charge in [-0.1, -0.05) is 43.7 Å². The third-order valence-electron chi connectivity index (χ3n) is 4.42. The number of H-pyrrole nitrogens is 1. The van der Waals surface area contributed by atoms with Crippen LogP contribution in [0.5, 0.6) is 0 Å². The normalized spacial score (nSPS) is 13.5. The van der Waals surface area contributed by atoms with E-state index in [0.717, 1.165) is 61.4 Å². The molecule has 0 atom stereocenters. The van der Waals surface area contributed by atoms with Gasteiger partial charge in [0.1, 0.15) is 5.82 Å². The van der Waals surface area contributed by atoms with Crippen molar-refractivity contribution >= 4 is 22.8 Å². The first kappa shape index (κ1) is 14.9. The van der Waals surface area contributed by atoms with Crippen molar-refractivity contribution in [3.05, 3.63) is 41.6 Å². The Kier molecular flexibility index (Phi) is 4.02. The van der Waals surface area contributed by atoms with Crippen LogP contribution in [0.15, 0.2) is 30.3 Å². The van der Waals surface area contributed by atoms with E-state index in [-0.39, 0.29) is 0 Å². The monoisotopic (exact) mass is 322 g/mol. The molecule has 6 nitrogen and oxygen atoms in total. The maximum atomic E-state index is 4.80. The first-order valence-corrected chi connectivity index (χ1v) is 8.63. The van der Waals surface area contributed by atoms with Crippen LogP contribution in [0, 0.1) is 0 Å². The van der Waals surface area contributed by atoms with E-state index in [1.54, 1.807) is 0 Å². The topological polar surface area (TPSA) is 69.7 Å². The molecule has 1 aliphatic heterocycles. The molecule has 0 radical (unpaired) electrons. The zero-order valence-corrected chi connectivity index (χ0v) is 13.9. The van der Waals surface area contributed by atoms with Crippen LogP contribution in [0.4, 0.5) is 11.8 Å². The van der Waals surface area contributed by atoms with Crippen molar-refractivity contribution in [2.75, 3.05) is 23.3 Å². The van der Waals surface area contributed by atoms with Gasteiger partial charge in [0.15, 0.2) is 5.65 Å². The summed E-state index contributed by atoms with van der Waals surface area (Å²) in [4.78, 5) is 11.7. The average Bonchev–Trinajstić information content (AvgIpc) is 3.03. The van der Waals surface area contributed by atoms with Gasteiger partial charge in [-0.3, -0.25) is 5.10 Å². The summed E-state index contributed by atoms with van der Waals surface area (Å²) in [6.07, 6.45) is 3.18. The molecule has 0 unspecified atom stereocenters. The van der Waals surface area contributed by atoms with Crippen LogP contribution >= 0.6 is 0 Å². The molecule has 1 aromatic carbocycles. The van der Waals surface area contributed by atoms with Gasteiger partial charge in [0.2, 0.25) is 5.95 Å². The minimum absolute atomic E-state index is 0.682. The minimum Gasteiger partial charge on any atom is -0.354 e. The molecule has 0 saturated carbocycles. The molecule has 24 heavy (non-hydrogen) atoms. The second-order valence-electron chi connectivity index (χ2n) is 6.20. The number of nitrogens with zero attached hydrogens (tertiary/aromatic N) is 4. The molecule has 2 N–H and O–H groups in total. The number of rotatable bonds is 6. The predicted molar refractivity (Wildman–Crippen MR) is 96.3 cm³/mol. The molecule has 0 amide bonds. The Labute approximate surface area is 141 Å². The first-order valence-electron chi connectivity index (χ1n) is 8.63. The van der Waals surface area contributed by atoms with Crippen molar-refractivity contribution in [1.29, 1.82) is 0 Å². The number of aromatic nitrogens is 4. The molecule has 124 valence electrons. The van der Waals surface area contributed by atoms with Gasteiger partial charge in [-0.05, 0) is 12.0 Å². The Morgan fingerprint density at radius 1 is 1.21 bits per heavy atom. The number of benzene rings is 1. The zero-order valence-electron chi connectivity index (χ0n) is 13.9. The summed E-state index contributed by atoms with van der Waals surface area (Å²) in [6.45, 7) is 4.85. The van der Waals surface area contributed by atoms with E-state index in [1.807, 2.05) is 6.07 Å². The average molecular weight is 322 g/mol. The lowest BCUT2D eigenvalue weighted by Gasteiger charge is -2.28. The summed E-state index contributed by atoms with van der Waals surface area (Å²) in [6, 6.07) is 10.5. The van der Waals surface area contributed by atoms with Gasteiger partial charge >= 0.3 is 0 Å². The predicted octanol–water partition coefficient (Wildman–Crippen LogP) is 3.13. The Bertz CT molecular complexity index is 826. The molecular weight excluding hydrogens is 300 g/mol. The smallest absolute Gasteiger partial charge is 0.226 e. The Hall–Kier alpha value is -2.63. The van der Waals surface area contributed by atoms with Crippen molar-refractivity contribution in [3.63, 3.8) is 0 Å². The fraction of sp³-hybridized carbons (Fsp3) is 0.389. The van der Waals surface area contributed by atoms with Crippen molar-refractivity contribution in [2.45, 2.75) is 32.7 Å². The Balaban J connectivity index is 1.68. The van der Waals surface area contributed by atoms with Crippen molar-refractivity contribution in [1.82, 2.24) is 20.2 Å². The molecule has 4 rings (SSSR count). The fourth-order valence-electron chi connectivity index (χ4n) is 3.14. The number of aromatic amines is 1. The molecule has 3 heterocycles. The van der Waals surface area contributed by atoms with Gasteiger partial charge in [-0.25, -0.2) is 0 Å². The van der Waals surface area contributed by atoms with Crippen LogP contribution in [0.1, 0.15) is 31.0 Å². The zero-order chi connectivity index (χ0) is 16.4. The SMILES string of the molecule is CCCCNc1nc2c3c(n[nH]c3n1)CCN2Cc1ccccc1. The maximum Gasteiger partial charge on any atom is 0.226 e. The van der Waals surface area contributed by atoms with Crippen molar-refractivity contribution in [3.8, 4) is 0 Å². The molecule has 6 heteroatoms. The highest BCUT2D eigenvalue weighted by molar-refractivity contribution is 5.91. The van der Waals surface area contributed by atoms with Crippen molar-refractivity contribution < 1.29 is 0 Å². The summed E-state index contributed by atoms with van der Waals surface area (Å²) < 4.78 is 0. The maximum absolute atomic E-state index is 4.80. The summed E-state index contributed by atoms with van der Waals surface area (Å²) in [7, 11) is 0. The fourth-order valence-corrected chi connectivity index (χ4v) is 3.14.